The van der Waals surface area contributed by atoms with Crippen LogP contribution in [0.1, 0.15) is 11.1 Å². The molecule has 100 valence electrons. The summed E-state index contributed by atoms with van der Waals surface area (Å²) in [6, 6.07) is 13.8. The van der Waals surface area contributed by atoms with Crippen LogP contribution in [-0.4, -0.2) is 7.05 Å². The molecule has 0 unspecified atom stereocenters. The van der Waals surface area contributed by atoms with Gasteiger partial charge in [-0.15, -0.1) is 0 Å². The smallest absolute Gasteiger partial charge is 0.125 e. The van der Waals surface area contributed by atoms with Gasteiger partial charge in [0.2, 0.25) is 0 Å². The zero-order chi connectivity index (χ0) is 13.7. The van der Waals surface area contributed by atoms with E-state index in [1.165, 1.54) is 0 Å². The normalized spacial score (nSPS) is 10.5. The van der Waals surface area contributed by atoms with Gasteiger partial charge in [-0.2, -0.15) is 0 Å². The molecule has 2 aromatic carbocycles. The zero-order valence-corrected chi connectivity index (χ0v) is 13.0. The number of rotatable bonds is 5. The second kappa shape index (κ2) is 6.94. The fraction of sp³-hybridized carbons (Fsp3) is 0.200. The highest BCUT2D eigenvalue weighted by molar-refractivity contribution is 9.10. The van der Waals surface area contributed by atoms with Crippen LogP contribution in [0.5, 0.6) is 5.75 Å². The quantitative estimate of drug-likeness (QED) is 0.871. The van der Waals surface area contributed by atoms with Crippen LogP contribution in [0, 0.1) is 0 Å². The number of halogens is 2. The lowest BCUT2D eigenvalue weighted by atomic mass is 10.2. The predicted molar refractivity (Wildman–Crippen MR) is 82.7 cm³/mol. The standard InChI is InChI=1S/C15H15BrClNO/c1-18-9-13-14(17)3-2-4-15(13)19-10-11-5-7-12(16)8-6-11/h2-8,18H,9-10H2,1H3. The molecule has 0 heterocycles. The summed E-state index contributed by atoms with van der Waals surface area (Å²) in [6.07, 6.45) is 0. The van der Waals surface area contributed by atoms with E-state index in [9.17, 15) is 0 Å². The van der Waals surface area contributed by atoms with Crippen LogP contribution in [-0.2, 0) is 13.2 Å². The Balaban J connectivity index is 2.10. The van der Waals surface area contributed by atoms with E-state index in [1.54, 1.807) is 0 Å². The van der Waals surface area contributed by atoms with E-state index in [0.717, 1.165) is 26.4 Å². The van der Waals surface area contributed by atoms with Crippen molar-refractivity contribution in [2.24, 2.45) is 0 Å². The first-order valence-corrected chi connectivity index (χ1v) is 7.17. The summed E-state index contributed by atoms with van der Waals surface area (Å²) in [7, 11) is 1.89. The highest BCUT2D eigenvalue weighted by Crippen LogP contribution is 2.27. The summed E-state index contributed by atoms with van der Waals surface area (Å²) >= 11 is 9.60. The molecule has 0 aliphatic carbocycles. The molecule has 0 aliphatic rings. The van der Waals surface area contributed by atoms with Crippen molar-refractivity contribution in [2.75, 3.05) is 7.05 Å². The molecule has 0 spiro atoms. The van der Waals surface area contributed by atoms with Crippen molar-refractivity contribution in [1.29, 1.82) is 0 Å². The number of ether oxygens (including phenoxy) is 1. The van der Waals surface area contributed by atoms with Crippen LogP contribution in [0.3, 0.4) is 0 Å². The highest BCUT2D eigenvalue weighted by atomic mass is 79.9. The van der Waals surface area contributed by atoms with E-state index in [1.807, 2.05) is 49.5 Å². The third kappa shape index (κ3) is 3.96. The Hall–Kier alpha value is -1.03. The third-order valence-electron chi connectivity index (χ3n) is 2.74. The fourth-order valence-corrected chi connectivity index (χ4v) is 2.26. The summed E-state index contributed by atoms with van der Waals surface area (Å²) in [5.74, 6) is 0.824. The molecule has 2 nitrogen and oxygen atoms in total. The molecule has 4 heteroatoms. The van der Waals surface area contributed by atoms with Crippen LogP contribution in [0.2, 0.25) is 5.02 Å². The molecule has 2 aromatic rings. The molecule has 0 saturated carbocycles. The van der Waals surface area contributed by atoms with Gasteiger partial charge in [0.15, 0.2) is 0 Å². The molecule has 0 aromatic heterocycles. The third-order valence-corrected chi connectivity index (χ3v) is 3.62. The molecule has 0 atom stereocenters. The molecule has 0 saturated heterocycles. The SMILES string of the molecule is CNCc1c(Cl)cccc1OCc1ccc(Br)cc1. The minimum absolute atomic E-state index is 0.532. The Morgan fingerprint density at radius 1 is 1.16 bits per heavy atom. The van der Waals surface area contributed by atoms with Crippen molar-refractivity contribution in [3.05, 3.63) is 63.1 Å². The second-order valence-corrected chi connectivity index (χ2v) is 5.48. The van der Waals surface area contributed by atoms with Gasteiger partial charge >= 0.3 is 0 Å². The van der Waals surface area contributed by atoms with Crippen molar-refractivity contribution in [3.8, 4) is 5.75 Å². The van der Waals surface area contributed by atoms with E-state index >= 15 is 0 Å². The number of benzene rings is 2. The summed E-state index contributed by atoms with van der Waals surface area (Å²) < 4.78 is 6.92. The molecular formula is C15H15BrClNO. The Morgan fingerprint density at radius 3 is 2.58 bits per heavy atom. The lowest BCUT2D eigenvalue weighted by Gasteiger charge is -2.12. The summed E-state index contributed by atoms with van der Waals surface area (Å²) in [6.45, 7) is 1.22. The fourth-order valence-electron chi connectivity index (χ4n) is 1.76. The van der Waals surface area contributed by atoms with Gasteiger partial charge in [0, 0.05) is 21.6 Å². The monoisotopic (exact) mass is 339 g/mol. The molecule has 1 N–H and O–H groups in total. The van der Waals surface area contributed by atoms with Crippen molar-refractivity contribution >= 4 is 27.5 Å². The molecular weight excluding hydrogens is 326 g/mol. The Morgan fingerprint density at radius 2 is 1.89 bits per heavy atom. The van der Waals surface area contributed by atoms with Gasteiger partial charge in [-0.05, 0) is 36.9 Å². The lowest BCUT2D eigenvalue weighted by Crippen LogP contribution is -2.08. The largest absolute Gasteiger partial charge is 0.489 e. The summed E-state index contributed by atoms with van der Waals surface area (Å²) in [5.41, 5.74) is 2.11. The van der Waals surface area contributed by atoms with Gasteiger partial charge in [0.25, 0.3) is 0 Å². The number of hydrogen-bond acceptors (Lipinski definition) is 2. The molecule has 0 radical (unpaired) electrons. The van der Waals surface area contributed by atoms with E-state index < -0.39 is 0 Å². The predicted octanol–water partition coefficient (Wildman–Crippen LogP) is 4.40. The highest BCUT2D eigenvalue weighted by Gasteiger charge is 2.07. The van der Waals surface area contributed by atoms with Crippen molar-refractivity contribution in [3.63, 3.8) is 0 Å². The molecule has 2 rings (SSSR count). The molecule has 19 heavy (non-hydrogen) atoms. The van der Waals surface area contributed by atoms with Gasteiger partial charge in [-0.3, -0.25) is 0 Å². The second-order valence-electron chi connectivity index (χ2n) is 4.16. The summed E-state index contributed by atoms with van der Waals surface area (Å²) in [4.78, 5) is 0. The first-order valence-electron chi connectivity index (χ1n) is 6.00. The molecule has 0 fully saturated rings. The van der Waals surface area contributed by atoms with Gasteiger partial charge in [0.1, 0.15) is 12.4 Å². The maximum Gasteiger partial charge on any atom is 0.125 e. The average Bonchev–Trinajstić information content (AvgIpc) is 2.41. The van der Waals surface area contributed by atoms with E-state index in [4.69, 9.17) is 16.3 Å². The topological polar surface area (TPSA) is 21.3 Å². The van der Waals surface area contributed by atoms with E-state index in [2.05, 4.69) is 21.2 Å². The van der Waals surface area contributed by atoms with Crippen molar-refractivity contribution in [1.82, 2.24) is 5.32 Å². The van der Waals surface area contributed by atoms with Gasteiger partial charge in [0.05, 0.1) is 0 Å². The summed E-state index contributed by atoms with van der Waals surface area (Å²) in [5, 5.41) is 3.82. The minimum Gasteiger partial charge on any atom is -0.489 e. The van der Waals surface area contributed by atoms with Crippen LogP contribution in [0.15, 0.2) is 46.9 Å². The maximum absolute atomic E-state index is 6.18. The Kier molecular flexibility index (Phi) is 5.25. The number of nitrogens with one attached hydrogen (secondary N) is 1. The van der Waals surface area contributed by atoms with Crippen LogP contribution < -0.4 is 10.1 Å². The van der Waals surface area contributed by atoms with Crippen molar-refractivity contribution in [2.45, 2.75) is 13.2 Å². The first kappa shape index (κ1) is 14.4. The van der Waals surface area contributed by atoms with Gasteiger partial charge in [-0.1, -0.05) is 45.7 Å². The van der Waals surface area contributed by atoms with Crippen LogP contribution >= 0.6 is 27.5 Å². The average molecular weight is 341 g/mol. The van der Waals surface area contributed by atoms with Gasteiger partial charge in [-0.25, -0.2) is 0 Å². The zero-order valence-electron chi connectivity index (χ0n) is 10.6. The molecule has 0 aliphatic heterocycles. The first-order chi connectivity index (χ1) is 9.20. The molecule has 0 bridgehead atoms. The Labute approximate surface area is 126 Å². The van der Waals surface area contributed by atoms with E-state index in [0.29, 0.717) is 13.2 Å². The van der Waals surface area contributed by atoms with Gasteiger partial charge < -0.3 is 10.1 Å². The van der Waals surface area contributed by atoms with E-state index in [-0.39, 0.29) is 0 Å². The van der Waals surface area contributed by atoms with Crippen molar-refractivity contribution < 1.29 is 4.74 Å². The molecule has 0 amide bonds. The van der Waals surface area contributed by atoms with Crippen LogP contribution in [0.4, 0.5) is 0 Å². The minimum atomic E-state index is 0.532. The lowest BCUT2D eigenvalue weighted by molar-refractivity contribution is 0.302. The number of hydrogen-bond donors (Lipinski definition) is 1. The van der Waals surface area contributed by atoms with Crippen LogP contribution in [0.25, 0.3) is 0 Å². The Bertz CT molecular complexity index is 542. The maximum atomic E-state index is 6.18.